The van der Waals surface area contributed by atoms with Crippen molar-refractivity contribution in [3.8, 4) is 16.9 Å². The molecule has 4 nitrogen and oxygen atoms in total. The first kappa shape index (κ1) is 18.0. The van der Waals surface area contributed by atoms with Crippen LogP contribution in [0.15, 0.2) is 84.9 Å². The van der Waals surface area contributed by atoms with Gasteiger partial charge in [-0.05, 0) is 43.3 Å². The van der Waals surface area contributed by atoms with Crippen molar-refractivity contribution in [2.24, 2.45) is 0 Å². The summed E-state index contributed by atoms with van der Waals surface area (Å²) in [6.07, 6.45) is 0. The molecule has 28 heavy (non-hydrogen) atoms. The van der Waals surface area contributed by atoms with Gasteiger partial charge in [-0.1, -0.05) is 65.7 Å². The van der Waals surface area contributed by atoms with E-state index < -0.39 is 0 Å². The van der Waals surface area contributed by atoms with Gasteiger partial charge in [-0.25, -0.2) is 4.68 Å². The highest BCUT2D eigenvalue weighted by Gasteiger charge is 2.19. The monoisotopic (exact) mass is 387 g/mol. The zero-order chi connectivity index (χ0) is 19.5. The van der Waals surface area contributed by atoms with E-state index in [1.165, 1.54) is 0 Å². The van der Waals surface area contributed by atoms with Crippen molar-refractivity contribution in [3.05, 3.63) is 101 Å². The minimum Gasteiger partial charge on any atom is -0.321 e. The second-order valence-corrected chi connectivity index (χ2v) is 6.87. The summed E-state index contributed by atoms with van der Waals surface area (Å²) in [4.78, 5) is 13.0. The number of nitrogens with zero attached hydrogens (tertiary/aromatic N) is 2. The highest BCUT2D eigenvalue weighted by atomic mass is 35.5. The van der Waals surface area contributed by atoms with Gasteiger partial charge >= 0.3 is 0 Å². The Morgan fingerprint density at radius 3 is 2.32 bits per heavy atom. The standard InChI is InChI=1S/C23H18ClN3O/c1-16-11-13-17(14-12-16)25-23(28)22-15-21(19-9-5-6-10-20(19)24)26-27(22)18-7-3-2-4-8-18/h2-15H,1H3,(H,25,28). The molecule has 0 unspecified atom stereocenters. The molecule has 0 saturated carbocycles. The van der Waals surface area contributed by atoms with Gasteiger partial charge in [-0.2, -0.15) is 5.10 Å². The number of hydrogen-bond donors (Lipinski definition) is 1. The Labute approximate surface area is 168 Å². The van der Waals surface area contributed by atoms with Gasteiger partial charge in [0.2, 0.25) is 0 Å². The molecule has 0 aliphatic heterocycles. The molecule has 0 saturated heterocycles. The van der Waals surface area contributed by atoms with Crippen molar-refractivity contribution in [3.63, 3.8) is 0 Å². The molecule has 0 spiro atoms. The lowest BCUT2D eigenvalue weighted by molar-refractivity contribution is 0.101. The van der Waals surface area contributed by atoms with E-state index >= 15 is 0 Å². The van der Waals surface area contributed by atoms with Crippen molar-refractivity contribution >= 4 is 23.2 Å². The summed E-state index contributed by atoms with van der Waals surface area (Å²) in [5.74, 6) is -0.237. The molecule has 0 aliphatic rings. The number of rotatable bonds is 4. The second-order valence-electron chi connectivity index (χ2n) is 6.46. The highest BCUT2D eigenvalue weighted by molar-refractivity contribution is 6.33. The zero-order valence-corrected chi connectivity index (χ0v) is 16.0. The number of carbonyl (C=O) groups is 1. The molecule has 0 aliphatic carbocycles. The molecule has 138 valence electrons. The van der Waals surface area contributed by atoms with Crippen LogP contribution in [0.5, 0.6) is 0 Å². The molecular weight excluding hydrogens is 370 g/mol. The Kier molecular flexibility index (Phi) is 4.96. The number of halogens is 1. The van der Waals surface area contributed by atoms with Crippen LogP contribution in [0.3, 0.4) is 0 Å². The van der Waals surface area contributed by atoms with Gasteiger partial charge in [0, 0.05) is 11.3 Å². The third kappa shape index (κ3) is 3.68. The van der Waals surface area contributed by atoms with E-state index in [1.807, 2.05) is 85.8 Å². The lowest BCUT2D eigenvalue weighted by atomic mass is 10.1. The minimum atomic E-state index is -0.237. The van der Waals surface area contributed by atoms with Crippen molar-refractivity contribution in [1.29, 1.82) is 0 Å². The molecule has 3 aromatic carbocycles. The molecule has 0 fully saturated rings. The van der Waals surface area contributed by atoms with Crippen LogP contribution < -0.4 is 5.32 Å². The van der Waals surface area contributed by atoms with Crippen LogP contribution in [0.1, 0.15) is 16.1 Å². The number of anilines is 1. The Morgan fingerprint density at radius 2 is 1.61 bits per heavy atom. The van der Waals surface area contributed by atoms with Gasteiger partial charge in [-0.3, -0.25) is 4.79 Å². The maximum atomic E-state index is 13.0. The molecule has 0 radical (unpaired) electrons. The summed E-state index contributed by atoms with van der Waals surface area (Å²) in [6, 6.07) is 26.5. The fourth-order valence-corrected chi connectivity index (χ4v) is 3.17. The van der Waals surface area contributed by atoms with Gasteiger partial charge in [0.25, 0.3) is 5.91 Å². The Hall–Kier alpha value is -3.37. The zero-order valence-electron chi connectivity index (χ0n) is 15.3. The van der Waals surface area contributed by atoms with Crippen LogP contribution in [0.2, 0.25) is 5.02 Å². The molecular formula is C23H18ClN3O. The molecule has 1 aromatic heterocycles. The molecule has 4 aromatic rings. The van der Waals surface area contributed by atoms with E-state index in [0.717, 1.165) is 22.5 Å². The molecule has 1 amide bonds. The van der Waals surface area contributed by atoms with Gasteiger partial charge in [0.1, 0.15) is 5.69 Å². The molecule has 0 atom stereocenters. The maximum Gasteiger partial charge on any atom is 0.274 e. The van der Waals surface area contributed by atoms with Crippen molar-refractivity contribution in [2.75, 3.05) is 5.32 Å². The number of aromatic nitrogens is 2. The van der Waals surface area contributed by atoms with Crippen molar-refractivity contribution in [1.82, 2.24) is 9.78 Å². The quantitative estimate of drug-likeness (QED) is 0.484. The Balaban J connectivity index is 1.77. The van der Waals surface area contributed by atoms with Crippen LogP contribution in [0, 0.1) is 6.92 Å². The third-order valence-corrected chi connectivity index (χ3v) is 4.73. The largest absolute Gasteiger partial charge is 0.321 e. The van der Waals surface area contributed by atoms with Crippen molar-refractivity contribution < 1.29 is 4.79 Å². The van der Waals surface area contributed by atoms with Gasteiger partial charge in [0.05, 0.1) is 16.4 Å². The van der Waals surface area contributed by atoms with E-state index in [2.05, 4.69) is 10.4 Å². The number of carbonyl (C=O) groups excluding carboxylic acids is 1. The number of para-hydroxylation sites is 1. The summed E-state index contributed by atoms with van der Waals surface area (Å²) in [5, 5.41) is 8.19. The third-order valence-electron chi connectivity index (χ3n) is 4.40. The first-order valence-electron chi connectivity index (χ1n) is 8.90. The molecule has 0 bridgehead atoms. The van der Waals surface area contributed by atoms with E-state index in [-0.39, 0.29) is 5.91 Å². The fourth-order valence-electron chi connectivity index (χ4n) is 2.94. The lowest BCUT2D eigenvalue weighted by Gasteiger charge is -2.08. The summed E-state index contributed by atoms with van der Waals surface area (Å²) in [5.41, 5.74) is 4.52. The average molecular weight is 388 g/mol. The predicted octanol–water partition coefficient (Wildman–Crippen LogP) is 5.75. The van der Waals surface area contributed by atoms with E-state index in [0.29, 0.717) is 16.4 Å². The molecule has 1 heterocycles. The highest BCUT2D eigenvalue weighted by Crippen LogP contribution is 2.28. The SMILES string of the molecule is Cc1ccc(NC(=O)c2cc(-c3ccccc3Cl)nn2-c2ccccc2)cc1. The summed E-state index contributed by atoms with van der Waals surface area (Å²) >= 11 is 6.34. The summed E-state index contributed by atoms with van der Waals surface area (Å²) in [7, 11) is 0. The Morgan fingerprint density at radius 1 is 0.929 bits per heavy atom. The number of aryl methyl sites for hydroxylation is 1. The smallest absolute Gasteiger partial charge is 0.274 e. The van der Waals surface area contributed by atoms with Crippen molar-refractivity contribution in [2.45, 2.75) is 6.92 Å². The number of hydrogen-bond acceptors (Lipinski definition) is 2. The first-order chi connectivity index (χ1) is 13.6. The minimum absolute atomic E-state index is 0.237. The summed E-state index contributed by atoms with van der Waals surface area (Å²) < 4.78 is 1.64. The maximum absolute atomic E-state index is 13.0. The number of nitrogens with one attached hydrogen (secondary N) is 1. The second kappa shape index (κ2) is 7.71. The van der Waals surface area contributed by atoms with Gasteiger partial charge < -0.3 is 5.32 Å². The number of benzene rings is 3. The van der Waals surface area contributed by atoms with Crippen LogP contribution in [0.25, 0.3) is 16.9 Å². The van der Waals surface area contributed by atoms with Crippen LogP contribution in [-0.4, -0.2) is 15.7 Å². The van der Waals surface area contributed by atoms with E-state index in [1.54, 1.807) is 10.7 Å². The summed E-state index contributed by atoms with van der Waals surface area (Å²) in [6.45, 7) is 2.01. The first-order valence-corrected chi connectivity index (χ1v) is 9.28. The van der Waals surface area contributed by atoms with E-state index in [4.69, 9.17) is 11.6 Å². The normalized spacial score (nSPS) is 10.6. The van der Waals surface area contributed by atoms with Crippen LogP contribution >= 0.6 is 11.6 Å². The fraction of sp³-hybridized carbons (Fsp3) is 0.0435. The molecule has 1 N–H and O–H groups in total. The lowest BCUT2D eigenvalue weighted by Crippen LogP contribution is -2.16. The molecule has 4 rings (SSSR count). The topological polar surface area (TPSA) is 46.9 Å². The molecule has 5 heteroatoms. The van der Waals surface area contributed by atoms with E-state index in [9.17, 15) is 4.79 Å². The van der Waals surface area contributed by atoms with Crippen LogP contribution in [0.4, 0.5) is 5.69 Å². The predicted molar refractivity (Wildman–Crippen MR) is 113 cm³/mol. The average Bonchev–Trinajstić information content (AvgIpc) is 3.16. The van der Waals surface area contributed by atoms with Gasteiger partial charge in [-0.15, -0.1) is 0 Å². The van der Waals surface area contributed by atoms with Gasteiger partial charge in [0.15, 0.2) is 0 Å². The Bertz CT molecular complexity index is 1120. The number of amides is 1. The van der Waals surface area contributed by atoms with Crippen LogP contribution in [-0.2, 0) is 0 Å².